The molecule has 1 aliphatic carbocycles. The van der Waals surface area contributed by atoms with Crippen molar-refractivity contribution >= 4 is 81.9 Å². The molecule has 4 aromatic rings. The summed E-state index contributed by atoms with van der Waals surface area (Å²) < 4.78 is 98.7. The zero-order chi connectivity index (χ0) is 35.3. The molecular weight excluding hydrogens is 756 g/mol. The number of benzene rings is 4. The summed E-state index contributed by atoms with van der Waals surface area (Å²) >= 11 is 5.58. The molecule has 0 saturated carbocycles. The van der Waals surface area contributed by atoms with Gasteiger partial charge in [0.2, 0.25) is 0 Å². The van der Waals surface area contributed by atoms with Gasteiger partial charge in [0.15, 0.2) is 21.4 Å². The minimum Gasteiger partial charge on any atom is -0.744 e. The van der Waals surface area contributed by atoms with Crippen LogP contribution in [0.25, 0.3) is 0 Å². The van der Waals surface area contributed by atoms with Crippen molar-refractivity contribution in [2.24, 2.45) is 0 Å². The average molecular weight is 778 g/mol. The van der Waals surface area contributed by atoms with Gasteiger partial charge in [-0.3, -0.25) is 14.4 Å². The number of fused-ring (bicyclic) bond motifs is 2. The second kappa shape index (κ2) is 15.5. The number of sulfone groups is 1. The van der Waals surface area contributed by atoms with Crippen LogP contribution in [0.2, 0.25) is 0 Å². The summed E-state index contributed by atoms with van der Waals surface area (Å²) in [5.41, 5.74) is 2.61. The Balaban J connectivity index is 0.00000338. The van der Waals surface area contributed by atoms with Crippen molar-refractivity contribution in [3.05, 3.63) is 101 Å². The number of hydrogen-bond donors (Lipinski definition) is 2. The van der Waals surface area contributed by atoms with Gasteiger partial charge in [0, 0.05) is 35.3 Å². The van der Waals surface area contributed by atoms with Gasteiger partial charge in [0.1, 0.15) is 20.2 Å². The summed E-state index contributed by atoms with van der Waals surface area (Å²) in [6.45, 7) is 0. The number of nitrogens with two attached hydrogens (primary N) is 1. The Bertz CT molecular complexity index is 2410. The third-order valence-corrected chi connectivity index (χ3v) is 11.3. The Labute approximate surface area is 336 Å². The fourth-order valence-corrected chi connectivity index (χ4v) is 8.05. The molecule has 0 aliphatic heterocycles. The molecule has 0 unspecified atom stereocenters. The molecule has 4 aromatic carbocycles. The summed E-state index contributed by atoms with van der Waals surface area (Å²) in [6, 6.07) is 14.3. The van der Waals surface area contributed by atoms with Gasteiger partial charge in [0.25, 0.3) is 5.91 Å². The molecule has 0 saturated heterocycles. The summed E-state index contributed by atoms with van der Waals surface area (Å²) in [4.78, 5) is 39.0. The van der Waals surface area contributed by atoms with Crippen LogP contribution in [0.15, 0.2) is 87.5 Å². The van der Waals surface area contributed by atoms with Crippen molar-refractivity contribution in [1.82, 2.24) is 0 Å². The van der Waals surface area contributed by atoms with E-state index in [-0.39, 0.29) is 98.0 Å². The summed E-state index contributed by atoms with van der Waals surface area (Å²) in [5.74, 6) is -3.04. The van der Waals surface area contributed by atoms with Crippen LogP contribution in [0.4, 0.5) is 22.7 Å². The topological polar surface area (TPSA) is 241 Å². The zero-order valence-electron chi connectivity index (χ0n) is 26.5. The first kappa shape index (κ1) is 41.8. The predicted octanol–water partition coefficient (Wildman–Crippen LogP) is -3.11. The van der Waals surface area contributed by atoms with Crippen LogP contribution in [0, 0.1) is 0 Å². The maximum Gasteiger partial charge on any atom is 1.00 e. The van der Waals surface area contributed by atoms with Crippen molar-refractivity contribution in [1.29, 1.82) is 0 Å². The van der Waals surface area contributed by atoms with E-state index in [1.807, 2.05) is 0 Å². The van der Waals surface area contributed by atoms with Crippen molar-refractivity contribution in [2.45, 2.75) is 14.7 Å². The standard InChI is InChI=1S/C30H24ClN3O11S3.2Na/c1-34(30(37)16-5-4-6-18(13-16)46(38,39)12-11-31)17-9-10-21(23(14-17)47(40,41)42)33-22-15-24(48(43,44)45)27(32)26-25(22)28(35)19-7-2-3-8-20(19)29(26)36;;/h2-10,13-15,33H,11-12,32H2,1H3,(H,40,41,42)(H,43,44,45);;/q;2*+1/p-2. The molecule has 0 fully saturated rings. The number of nitrogens with one attached hydrogen (secondary N) is 1. The van der Waals surface area contributed by atoms with Crippen LogP contribution in [0.5, 0.6) is 0 Å². The fourth-order valence-electron chi connectivity index (χ4n) is 5.13. The van der Waals surface area contributed by atoms with Crippen LogP contribution in [0.3, 0.4) is 0 Å². The number of amides is 1. The van der Waals surface area contributed by atoms with Crippen molar-refractivity contribution in [2.75, 3.05) is 34.6 Å². The van der Waals surface area contributed by atoms with E-state index in [0.717, 1.165) is 23.1 Å². The number of anilines is 4. The van der Waals surface area contributed by atoms with Crippen molar-refractivity contribution < 1.29 is 108 Å². The average Bonchev–Trinajstić information content (AvgIpc) is 3.02. The molecule has 250 valence electrons. The molecule has 20 heteroatoms. The van der Waals surface area contributed by atoms with Gasteiger partial charge in [-0.2, -0.15) is 0 Å². The van der Waals surface area contributed by atoms with Crippen LogP contribution < -0.4 is 75.1 Å². The first-order chi connectivity index (χ1) is 22.4. The molecule has 14 nitrogen and oxygen atoms in total. The molecule has 50 heavy (non-hydrogen) atoms. The predicted molar refractivity (Wildman–Crippen MR) is 172 cm³/mol. The van der Waals surface area contributed by atoms with E-state index in [1.165, 1.54) is 55.6 Å². The van der Waals surface area contributed by atoms with Gasteiger partial charge in [-0.15, -0.1) is 11.6 Å². The van der Waals surface area contributed by atoms with Gasteiger partial charge < -0.3 is 25.1 Å². The minimum atomic E-state index is -5.37. The van der Waals surface area contributed by atoms with E-state index in [4.69, 9.17) is 17.3 Å². The number of ketones is 2. The number of nitrogen functional groups attached to an aromatic ring is 1. The monoisotopic (exact) mass is 777 g/mol. The third kappa shape index (κ3) is 8.04. The molecule has 0 bridgehead atoms. The Morgan fingerprint density at radius 3 is 1.92 bits per heavy atom. The summed E-state index contributed by atoms with van der Waals surface area (Å²) in [6.07, 6.45) is 0. The van der Waals surface area contributed by atoms with Crippen LogP contribution in [-0.2, 0) is 30.1 Å². The van der Waals surface area contributed by atoms with Gasteiger partial charge in [-0.1, -0.05) is 30.3 Å². The van der Waals surface area contributed by atoms with E-state index in [0.29, 0.717) is 6.07 Å². The number of hydrogen-bond acceptors (Lipinski definition) is 13. The first-order valence-corrected chi connectivity index (χ1v) is 18.5. The second-order valence-corrected chi connectivity index (χ2v) is 15.6. The molecule has 0 radical (unpaired) electrons. The number of nitrogens with zero attached hydrogens (tertiary/aromatic N) is 1. The van der Waals surface area contributed by atoms with Crippen molar-refractivity contribution in [3.8, 4) is 0 Å². The Kier molecular flexibility index (Phi) is 13.0. The van der Waals surface area contributed by atoms with Gasteiger partial charge in [-0.05, 0) is 42.5 Å². The molecule has 0 aromatic heterocycles. The normalized spacial score (nSPS) is 12.6. The smallest absolute Gasteiger partial charge is 0.744 e. The number of halogens is 1. The minimum absolute atomic E-state index is 0. The maximum atomic E-state index is 13.6. The number of carbonyl (C=O) groups is 3. The largest absolute Gasteiger partial charge is 1.00 e. The van der Waals surface area contributed by atoms with E-state index in [2.05, 4.69) is 5.32 Å². The Morgan fingerprint density at radius 1 is 0.780 bits per heavy atom. The van der Waals surface area contributed by atoms with Gasteiger partial charge in [0.05, 0.1) is 48.6 Å². The molecule has 0 heterocycles. The summed E-state index contributed by atoms with van der Waals surface area (Å²) in [5, 5.41) is 2.50. The van der Waals surface area contributed by atoms with Crippen LogP contribution >= 0.6 is 11.6 Å². The van der Waals surface area contributed by atoms with E-state index in [1.54, 1.807) is 0 Å². The second-order valence-electron chi connectivity index (χ2n) is 10.4. The number of alkyl halides is 1. The number of carbonyl (C=O) groups excluding carboxylic acids is 3. The fraction of sp³-hybridized carbons (Fsp3) is 0.100. The van der Waals surface area contributed by atoms with Gasteiger partial charge >= 0.3 is 59.1 Å². The molecule has 1 aliphatic rings. The van der Waals surface area contributed by atoms with Gasteiger partial charge in [-0.25, -0.2) is 25.3 Å². The molecule has 5 rings (SSSR count). The molecule has 1 amide bonds. The Hall–Kier alpha value is -2.65. The van der Waals surface area contributed by atoms with E-state index >= 15 is 0 Å². The van der Waals surface area contributed by atoms with Crippen LogP contribution in [0.1, 0.15) is 42.2 Å². The zero-order valence-corrected chi connectivity index (χ0v) is 33.7. The molecule has 0 atom stereocenters. The molecule has 3 N–H and O–H groups in total. The van der Waals surface area contributed by atoms with E-state index < -0.39 is 85.5 Å². The third-order valence-electron chi connectivity index (χ3n) is 7.45. The summed E-state index contributed by atoms with van der Waals surface area (Å²) in [7, 11) is -13.3. The quantitative estimate of drug-likeness (QED) is 0.0653. The Morgan fingerprint density at radius 2 is 1.36 bits per heavy atom. The van der Waals surface area contributed by atoms with E-state index in [9.17, 15) is 48.7 Å². The number of rotatable bonds is 9. The SMILES string of the molecule is CN(C(=O)c1cccc(S(=O)(=O)CCCl)c1)c1ccc(Nc2cc(S(=O)(=O)[O-])c(N)c3c2C(=O)c2ccccc2C3=O)c(S(=O)(=O)[O-])c1.[Na+].[Na+]. The molecule has 0 spiro atoms. The maximum absolute atomic E-state index is 13.6. The first-order valence-electron chi connectivity index (χ1n) is 13.5. The van der Waals surface area contributed by atoms with Crippen molar-refractivity contribution in [3.63, 3.8) is 0 Å². The molecular formula is C30H22ClN3Na2O11S3. The van der Waals surface area contributed by atoms with Crippen LogP contribution in [-0.4, -0.2) is 70.5 Å².